The molecule has 5 heteroatoms. The molecule has 18 heavy (non-hydrogen) atoms. The van der Waals surface area contributed by atoms with Crippen molar-refractivity contribution in [2.24, 2.45) is 5.41 Å². The molecule has 0 bridgehead atoms. The van der Waals surface area contributed by atoms with Crippen LogP contribution in [0.15, 0.2) is 18.3 Å². The van der Waals surface area contributed by atoms with Crippen LogP contribution in [-0.2, 0) is 4.79 Å². The lowest BCUT2D eigenvalue weighted by atomic mass is 9.94. The number of aromatic carboxylic acids is 1. The SMILES string of the molecule is CCN(C(=O)C(C)(C)C)c1ccc(C(=O)O)cn1. The van der Waals surface area contributed by atoms with Crippen LogP contribution in [0.1, 0.15) is 38.1 Å². The summed E-state index contributed by atoms with van der Waals surface area (Å²) in [5, 5.41) is 8.79. The van der Waals surface area contributed by atoms with Crippen molar-refractivity contribution >= 4 is 17.7 Å². The Kier molecular flexibility index (Phi) is 4.06. The van der Waals surface area contributed by atoms with Gasteiger partial charge in [-0.2, -0.15) is 0 Å². The van der Waals surface area contributed by atoms with Crippen molar-refractivity contribution < 1.29 is 14.7 Å². The lowest BCUT2D eigenvalue weighted by Crippen LogP contribution is -2.39. The van der Waals surface area contributed by atoms with Gasteiger partial charge in [-0.05, 0) is 19.1 Å². The standard InChI is InChI=1S/C13H18N2O3/c1-5-15(12(18)13(2,3)4)10-7-6-9(8-14-10)11(16)17/h6-8H,5H2,1-4H3,(H,16,17). The highest BCUT2D eigenvalue weighted by Gasteiger charge is 2.27. The van der Waals surface area contributed by atoms with Crippen molar-refractivity contribution in [1.82, 2.24) is 4.98 Å². The number of carbonyl (C=O) groups excluding carboxylic acids is 1. The highest BCUT2D eigenvalue weighted by Crippen LogP contribution is 2.21. The van der Waals surface area contributed by atoms with E-state index in [1.54, 1.807) is 11.0 Å². The average Bonchev–Trinajstić information content (AvgIpc) is 2.29. The fourth-order valence-corrected chi connectivity index (χ4v) is 1.49. The Hall–Kier alpha value is -1.91. The Morgan fingerprint density at radius 1 is 1.33 bits per heavy atom. The van der Waals surface area contributed by atoms with Crippen molar-refractivity contribution in [3.8, 4) is 0 Å². The number of carboxylic acid groups (broad SMARTS) is 1. The van der Waals surface area contributed by atoms with E-state index in [9.17, 15) is 9.59 Å². The van der Waals surface area contributed by atoms with Gasteiger partial charge in [0.15, 0.2) is 0 Å². The van der Waals surface area contributed by atoms with E-state index in [-0.39, 0.29) is 11.5 Å². The minimum absolute atomic E-state index is 0.0411. The van der Waals surface area contributed by atoms with Crippen molar-refractivity contribution in [3.05, 3.63) is 23.9 Å². The normalized spacial score (nSPS) is 11.1. The van der Waals surface area contributed by atoms with E-state index < -0.39 is 11.4 Å². The number of carbonyl (C=O) groups is 2. The van der Waals surface area contributed by atoms with Crippen molar-refractivity contribution in [3.63, 3.8) is 0 Å². The first-order valence-electron chi connectivity index (χ1n) is 5.78. The van der Waals surface area contributed by atoms with Gasteiger partial charge >= 0.3 is 5.97 Å². The van der Waals surface area contributed by atoms with Gasteiger partial charge in [-0.25, -0.2) is 9.78 Å². The highest BCUT2D eigenvalue weighted by atomic mass is 16.4. The molecule has 5 nitrogen and oxygen atoms in total. The van der Waals surface area contributed by atoms with Crippen LogP contribution in [0, 0.1) is 5.41 Å². The molecule has 0 aliphatic rings. The average molecular weight is 250 g/mol. The van der Waals surface area contributed by atoms with E-state index in [0.717, 1.165) is 0 Å². The Bertz CT molecular complexity index is 446. The fourth-order valence-electron chi connectivity index (χ4n) is 1.49. The third kappa shape index (κ3) is 3.06. The summed E-state index contributed by atoms with van der Waals surface area (Å²) in [5.74, 6) is -0.595. The molecule has 1 heterocycles. The Morgan fingerprint density at radius 2 is 1.94 bits per heavy atom. The van der Waals surface area contributed by atoms with Crippen LogP contribution >= 0.6 is 0 Å². The van der Waals surface area contributed by atoms with Gasteiger partial charge in [0.2, 0.25) is 5.91 Å². The molecule has 0 aliphatic carbocycles. The molecule has 0 spiro atoms. The Labute approximate surface area is 106 Å². The van der Waals surface area contributed by atoms with Crippen LogP contribution < -0.4 is 4.90 Å². The molecule has 1 aromatic rings. The lowest BCUT2D eigenvalue weighted by molar-refractivity contribution is -0.125. The number of pyridine rings is 1. The summed E-state index contributed by atoms with van der Waals surface area (Å²) in [5.41, 5.74) is -0.388. The molecule has 0 radical (unpaired) electrons. The first kappa shape index (κ1) is 14.2. The monoisotopic (exact) mass is 250 g/mol. The van der Waals surface area contributed by atoms with Crippen LogP contribution in [0.4, 0.5) is 5.82 Å². The van der Waals surface area contributed by atoms with Gasteiger partial charge in [0.25, 0.3) is 0 Å². The largest absolute Gasteiger partial charge is 0.478 e. The van der Waals surface area contributed by atoms with Gasteiger partial charge in [0.05, 0.1) is 5.56 Å². The molecule has 0 aromatic carbocycles. The van der Waals surface area contributed by atoms with E-state index in [4.69, 9.17) is 5.11 Å². The van der Waals surface area contributed by atoms with Gasteiger partial charge in [0, 0.05) is 18.2 Å². The number of carboxylic acids is 1. The number of hydrogen-bond donors (Lipinski definition) is 1. The smallest absolute Gasteiger partial charge is 0.337 e. The molecule has 0 fully saturated rings. The number of nitrogens with zero attached hydrogens (tertiary/aromatic N) is 2. The fraction of sp³-hybridized carbons (Fsp3) is 0.462. The summed E-state index contributed by atoms with van der Waals surface area (Å²) in [6.45, 7) is 7.86. The maximum absolute atomic E-state index is 12.2. The Morgan fingerprint density at radius 3 is 2.28 bits per heavy atom. The summed E-state index contributed by atoms with van der Waals surface area (Å²) < 4.78 is 0. The van der Waals surface area contributed by atoms with Crippen LogP contribution in [-0.4, -0.2) is 28.5 Å². The summed E-state index contributed by atoms with van der Waals surface area (Å²) in [6, 6.07) is 3.00. The first-order valence-corrected chi connectivity index (χ1v) is 5.78. The number of hydrogen-bond acceptors (Lipinski definition) is 3. The van der Waals surface area contributed by atoms with Crippen LogP contribution in [0.5, 0.6) is 0 Å². The molecule has 0 saturated heterocycles. The minimum atomic E-state index is -1.03. The predicted octanol–water partition coefficient (Wildman–Crippen LogP) is 2.18. The number of amides is 1. The van der Waals surface area contributed by atoms with Crippen LogP contribution in [0.3, 0.4) is 0 Å². The molecule has 0 atom stereocenters. The zero-order valence-electron chi connectivity index (χ0n) is 11.1. The second-order valence-corrected chi connectivity index (χ2v) is 5.01. The molecule has 1 aromatic heterocycles. The second kappa shape index (κ2) is 5.16. The van der Waals surface area contributed by atoms with Crippen molar-refractivity contribution in [2.75, 3.05) is 11.4 Å². The van der Waals surface area contributed by atoms with Crippen LogP contribution in [0.25, 0.3) is 0 Å². The quantitative estimate of drug-likeness (QED) is 0.892. The molecule has 0 aliphatic heterocycles. The van der Waals surface area contributed by atoms with E-state index in [1.807, 2.05) is 27.7 Å². The Balaban J connectivity index is 3.03. The van der Waals surface area contributed by atoms with E-state index in [2.05, 4.69) is 4.98 Å². The molecule has 1 amide bonds. The second-order valence-electron chi connectivity index (χ2n) is 5.01. The number of anilines is 1. The maximum Gasteiger partial charge on any atom is 0.337 e. The van der Waals surface area contributed by atoms with Gasteiger partial charge in [-0.3, -0.25) is 9.69 Å². The van der Waals surface area contributed by atoms with Crippen LogP contribution in [0.2, 0.25) is 0 Å². The van der Waals surface area contributed by atoms with Gasteiger partial charge in [-0.1, -0.05) is 20.8 Å². The molecular formula is C13H18N2O3. The molecular weight excluding hydrogens is 232 g/mol. The highest BCUT2D eigenvalue weighted by molar-refractivity contribution is 5.96. The zero-order chi connectivity index (χ0) is 13.9. The van der Waals surface area contributed by atoms with Crippen molar-refractivity contribution in [1.29, 1.82) is 0 Å². The maximum atomic E-state index is 12.2. The number of rotatable bonds is 3. The van der Waals surface area contributed by atoms with Crippen molar-refractivity contribution in [2.45, 2.75) is 27.7 Å². The van der Waals surface area contributed by atoms with Gasteiger partial charge in [-0.15, -0.1) is 0 Å². The lowest BCUT2D eigenvalue weighted by Gasteiger charge is -2.27. The summed E-state index contributed by atoms with van der Waals surface area (Å²) in [7, 11) is 0. The molecule has 1 rings (SSSR count). The molecule has 98 valence electrons. The van der Waals surface area contributed by atoms with E-state index in [0.29, 0.717) is 12.4 Å². The van der Waals surface area contributed by atoms with E-state index >= 15 is 0 Å². The topological polar surface area (TPSA) is 70.5 Å². The zero-order valence-corrected chi connectivity index (χ0v) is 11.1. The summed E-state index contributed by atoms with van der Waals surface area (Å²) >= 11 is 0. The predicted molar refractivity (Wildman–Crippen MR) is 68.7 cm³/mol. The summed E-state index contributed by atoms with van der Waals surface area (Å²) in [4.78, 5) is 28.5. The van der Waals surface area contributed by atoms with Gasteiger partial charge in [0.1, 0.15) is 5.82 Å². The molecule has 0 saturated carbocycles. The molecule has 0 unspecified atom stereocenters. The summed E-state index contributed by atoms with van der Waals surface area (Å²) in [6.07, 6.45) is 1.26. The number of aromatic nitrogens is 1. The molecule has 1 N–H and O–H groups in total. The third-order valence-electron chi connectivity index (χ3n) is 2.47. The first-order chi connectivity index (χ1) is 8.27. The minimum Gasteiger partial charge on any atom is -0.478 e. The van der Waals surface area contributed by atoms with Gasteiger partial charge < -0.3 is 5.11 Å². The third-order valence-corrected chi connectivity index (χ3v) is 2.47. The van der Waals surface area contributed by atoms with E-state index in [1.165, 1.54) is 12.3 Å².